The normalized spacial score (nSPS) is 11.8. The Morgan fingerprint density at radius 1 is 1.35 bits per heavy atom. The summed E-state index contributed by atoms with van der Waals surface area (Å²) in [7, 11) is -1.85. The molecule has 0 fully saturated rings. The summed E-state index contributed by atoms with van der Waals surface area (Å²) in [5.74, 6) is 0.795. The molecule has 17 heavy (non-hydrogen) atoms. The van der Waals surface area contributed by atoms with E-state index in [2.05, 4.69) is 0 Å². The Bertz CT molecular complexity index is 481. The molecule has 0 saturated carbocycles. The van der Waals surface area contributed by atoms with Crippen molar-refractivity contribution >= 4 is 15.5 Å². The quantitative estimate of drug-likeness (QED) is 0.820. The number of ether oxygens (including phenoxy) is 1. The van der Waals surface area contributed by atoms with Crippen LogP contribution >= 0.6 is 0 Å². The largest absolute Gasteiger partial charge is 0.495 e. The molecule has 0 heterocycles. The molecular formula is C12H19NO3S. The first-order chi connectivity index (χ1) is 7.86. The monoisotopic (exact) mass is 257 g/mol. The third-order valence-corrected chi connectivity index (χ3v) is 4.27. The first-order valence-corrected chi connectivity index (χ1v) is 7.18. The second kappa shape index (κ2) is 5.40. The summed E-state index contributed by atoms with van der Waals surface area (Å²) in [5, 5.41) is 0. The van der Waals surface area contributed by atoms with E-state index in [-0.39, 0.29) is 10.6 Å². The van der Waals surface area contributed by atoms with Crippen LogP contribution in [0.25, 0.3) is 0 Å². The van der Waals surface area contributed by atoms with Gasteiger partial charge in [0.25, 0.3) is 0 Å². The van der Waals surface area contributed by atoms with Crippen molar-refractivity contribution in [3.05, 3.63) is 18.2 Å². The molecule has 96 valence electrons. The van der Waals surface area contributed by atoms with Crippen LogP contribution in [-0.4, -0.2) is 21.3 Å². The summed E-state index contributed by atoms with van der Waals surface area (Å²) in [5.41, 5.74) is 6.08. The molecule has 0 spiro atoms. The lowest BCUT2D eigenvalue weighted by atomic mass is 10.2. The van der Waals surface area contributed by atoms with Gasteiger partial charge in [-0.3, -0.25) is 0 Å². The van der Waals surface area contributed by atoms with Crippen molar-refractivity contribution in [3.63, 3.8) is 0 Å². The number of anilines is 1. The van der Waals surface area contributed by atoms with Gasteiger partial charge in [-0.05, 0) is 24.5 Å². The lowest BCUT2D eigenvalue weighted by Gasteiger charge is -2.11. The molecule has 0 aromatic heterocycles. The summed E-state index contributed by atoms with van der Waals surface area (Å²) < 4.78 is 29.3. The molecule has 0 saturated heterocycles. The van der Waals surface area contributed by atoms with Crippen LogP contribution in [0.2, 0.25) is 0 Å². The van der Waals surface area contributed by atoms with Crippen molar-refractivity contribution in [2.24, 2.45) is 5.92 Å². The lowest BCUT2D eigenvalue weighted by molar-refractivity contribution is 0.403. The molecule has 2 N–H and O–H groups in total. The fourth-order valence-corrected chi connectivity index (χ4v) is 3.17. The van der Waals surface area contributed by atoms with Crippen molar-refractivity contribution in [2.75, 3.05) is 18.6 Å². The number of sulfone groups is 1. The van der Waals surface area contributed by atoms with Crippen molar-refractivity contribution in [3.8, 4) is 5.75 Å². The van der Waals surface area contributed by atoms with Gasteiger partial charge in [0.15, 0.2) is 9.84 Å². The highest BCUT2D eigenvalue weighted by atomic mass is 32.2. The van der Waals surface area contributed by atoms with Gasteiger partial charge in [-0.2, -0.15) is 0 Å². The summed E-state index contributed by atoms with van der Waals surface area (Å²) in [6, 6.07) is 4.61. The first-order valence-electron chi connectivity index (χ1n) is 5.53. The predicted octanol–water partition coefficient (Wildman–Crippen LogP) is 2.10. The maximum absolute atomic E-state index is 12.1. The molecule has 0 atom stereocenters. The highest BCUT2D eigenvalue weighted by molar-refractivity contribution is 7.91. The minimum atomic E-state index is -3.30. The molecule has 0 bridgehead atoms. The maximum Gasteiger partial charge on any atom is 0.182 e. The van der Waals surface area contributed by atoms with E-state index < -0.39 is 9.84 Å². The van der Waals surface area contributed by atoms with Gasteiger partial charge in [0.05, 0.1) is 12.9 Å². The maximum atomic E-state index is 12.1. The highest BCUT2D eigenvalue weighted by Crippen LogP contribution is 2.27. The third kappa shape index (κ3) is 3.63. The van der Waals surface area contributed by atoms with E-state index in [1.165, 1.54) is 19.2 Å². The lowest BCUT2D eigenvalue weighted by Crippen LogP contribution is -2.10. The Morgan fingerprint density at radius 2 is 2.00 bits per heavy atom. The molecule has 0 aliphatic heterocycles. The number of nitrogen functional groups attached to an aromatic ring is 1. The van der Waals surface area contributed by atoms with Gasteiger partial charge in [0.1, 0.15) is 10.6 Å². The number of hydrogen-bond donors (Lipinski definition) is 1. The van der Waals surface area contributed by atoms with Crippen LogP contribution in [-0.2, 0) is 9.84 Å². The minimum absolute atomic E-state index is 0.130. The molecule has 0 radical (unpaired) electrons. The van der Waals surface area contributed by atoms with Crippen LogP contribution in [0.5, 0.6) is 5.75 Å². The van der Waals surface area contributed by atoms with Crippen LogP contribution in [0.15, 0.2) is 23.1 Å². The molecule has 1 rings (SSSR count). The zero-order chi connectivity index (χ0) is 13.1. The average molecular weight is 257 g/mol. The van der Waals surface area contributed by atoms with Crippen molar-refractivity contribution in [1.29, 1.82) is 0 Å². The fourth-order valence-electron chi connectivity index (χ4n) is 1.44. The van der Waals surface area contributed by atoms with Crippen molar-refractivity contribution in [2.45, 2.75) is 25.2 Å². The van der Waals surface area contributed by atoms with E-state index in [1.807, 2.05) is 13.8 Å². The van der Waals surface area contributed by atoms with Gasteiger partial charge in [0.2, 0.25) is 0 Å². The van der Waals surface area contributed by atoms with Crippen LogP contribution in [0, 0.1) is 5.92 Å². The van der Waals surface area contributed by atoms with Crippen molar-refractivity contribution in [1.82, 2.24) is 0 Å². The number of hydrogen-bond acceptors (Lipinski definition) is 4. The standard InChI is InChI=1S/C12H19NO3S/c1-9(2)6-7-17(14,15)12-5-4-10(13)8-11(12)16-3/h4-5,8-9H,6-7,13H2,1-3H3. The number of rotatable bonds is 5. The summed E-state index contributed by atoms with van der Waals surface area (Å²) in [6.45, 7) is 3.99. The highest BCUT2D eigenvalue weighted by Gasteiger charge is 2.19. The molecule has 0 amide bonds. The fraction of sp³-hybridized carbons (Fsp3) is 0.500. The van der Waals surface area contributed by atoms with Gasteiger partial charge in [-0.25, -0.2) is 8.42 Å². The second-order valence-corrected chi connectivity index (χ2v) is 6.49. The third-order valence-electron chi connectivity index (χ3n) is 2.49. The van der Waals surface area contributed by atoms with Crippen LogP contribution in [0.3, 0.4) is 0 Å². The molecule has 1 aromatic rings. The molecule has 4 nitrogen and oxygen atoms in total. The van der Waals surface area contributed by atoms with Gasteiger partial charge in [0, 0.05) is 11.8 Å². The number of benzene rings is 1. The smallest absolute Gasteiger partial charge is 0.182 e. The Morgan fingerprint density at radius 3 is 2.53 bits per heavy atom. The molecule has 0 aliphatic rings. The minimum Gasteiger partial charge on any atom is -0.495 e. The Labute approximate surface area is 103 Å². The van der Waals surface area contributed by atoms with E-state index >= 15 is 0 Å². The van der Waals surface area contributed by atoms with Crippen LogP contribution in [0.4, 0.5) is 5.69 Å². The van der Waals surface area contributed by atoms with Gasteiger partial charge in [-0.1, -0.05) is 13.8 Å². The van der Waals surface area contributed by atoms with E-state index in [0.717, 1.165) is 0 Å². The molecule has 1 aromatic carbocycles. The second-order valence-electron chi connectivity index (χ2n) is 4.41. The Balaban J connectivity index is 3.06. The van der Waals surface area contributed by atoms with Gasteiger partial charge in [-0.15, -0.1) is 0 Å². The van der Waals surface area contributed by atoms with Crippen molar-refractivity contribution < 1.29 is 13.2 Å². The number of methoxy groups -OCH3 is 1. The molecule has 0 unspecified atom stereocenters. The SMILES string of the molecule is COc1cc(N)ccc1S(=O)(=O)CCC(C)C. The summed E-state index contributed by atoms with van der Waals surface area (Å²) in [6.07, 6.45) is 0.635. The van der Waals surface area contributed by atoms with E-state index in [4.69, 9.17) is 10.5 Å². The van der Waals surface area contributed by atoms with E-state index in [9.17, 15) is 8.42 Å². The van der Waals surface area contributed by atoms with Gasteiger partial charge >= 0.3 is 0 Å². The molecular weight excluding hydrogens is 238 g/mol. The Hall–Kier alpha value is -1.23. The van der Waals surface area contributed by atoms with E-state index in [0.29, 0.717) is 23.8 Å². The number of nitrogens with two attached hydrogens (primary N) is 1. The summed E-state index contributed by atoms with van der Waals surface area (Å²) >= 11 is 0. The van der Waals surface area contributed by atoms with Gasteiger partial charge < -0.3 is 10.5 Å². The zero-order valence-corrected chi connectivity index (χ0v) is 11.3. The van der Waals surface area contributed by atoms with Crippen LogP contribution in [0.1, 0.15) is 20.3 Å². The molecule has 0 aliphatic carbocycles. The average Bonchev–Trinajstić information content (AvgIpc) is 2.26. The first kappa shape index (κ1) is 13.8. The van der Waals surface area contributed by atoms with Crippen LogP contribution < -0.4 is 10.5 Å². The zero-order valence-electron chi connectivity index (χ0n) is 10.4. The topological polar surface area (TPSA) is 69.4 Å². The Kier molecular flexibility index (Phi) is 4.40. The summed E-state index contributed by atoms with van der Waals surface area (Å²) in [4.78, 5) is 0.217. The van der Waals surface area contributed by atoms with E-state index in [1.54, 1.807) is 6.07 Å². The molecule has 5 heteroatoms. The predicted molar refractivity (Wildman–Crippen MR) is 68.9 cm³/mol.